The maximum atomic E-state index is 13.3. The van der Waals surface area contributed by atoms with Crippen LogP contribution in [0, 0.1) is 5.92 Å². The molecule has 156 valence electrons. The van der Waals surface area contributed by atoms with Crippen LogP contribution in [0.5, 0.6) is 0 Å². The van der Waals surface area contributed by atoms with E-state index in [0.29, 0.717) is 13.0 Å². The molecule has 1 aromatic carbocycles. The molecule has 0 bridgehead atoms. The molecule has 1 amide bonds. The van der Waals surface area contributed by atoms with Crippen molar-refractivity contribution < 1.29 is 9.90 Å². The molecule has 1 saturated carbocycles. The van der Waals surface area contributed by atoms with Crippen molar-refractivity contribution in [2.75, 3.05) is 24.5 Å². The van der Waals surface area contributed by atoms with Gasteiger partial charge in [0.25, 0.3) is 5.91 Å². The first-order chi connectivity index (χ1) is 14.1. The van der Waals surface area contributed by atoms with E-state index in [2.05, 4.69) is 43.0 Å². The van der Waals surface area contributed by atoms with Crippen molar-refractivity contribution in [3.8, 4) is 0 Å². The monoisotopic (exact) mass is 412 g/mol. The van der Waals surface area contributed by atoms with Crippen molar-refractivity contribution in [2.45, 2.75) is 57.6 Å². The summed E-state index contributed by atoms with van der Waals surface area (Å²) in [7, 11) is 0. The lowest BCUT2D eigenvalue weighted by Crippen LogP contribution is -2.56. The zero-order valence-corrected chi connectivity index (χ0v) is 18.3. The van der Waals surface area contributed by atoms with Gasteiger partial charge in [0.15, 0.2) is 0 Å². The molecule has 0 spiro atoms. The molecule has 4 rings (SSSR count). The summed E-state index contributed by atoms with van der Waals surface area (Å²) in [4.78, 5) is 18.5. The van der Waals surface area contributed by atoms with E-state index in [-0.39, 0.29) is 17.9 Å². The summed E-state index contributed by atoms with van der Waals surface area (Å²) in [6.45, 7) is 6.91. The molecule has 1 aliphatic heterocycles. The lowest BCUT2D eigenvalue weighted by Gasteiger charge is -2.52. The number of benzene rings is 1. The normalized spacial score (nSPS) is 26.8. The second-order valence-electron chi connectivity index (χ2n) is 8.39. The quantitative estimate of drug-likeness (QED) is 0.743. The Bertz CT molecular complexity index is 816. The van der Waals surface area contributed by atoms with Crippen LogP contribution >= 0.6 is 11.3 Å². The zero-order chi connectivity index (χ0) is 20.4. The molecule has 1 aliphatic carbocycles. The summed E-state index contributed by atoms with van der Waals surface area (Å²) >= 11 is 1.50. The van der Waals surface area contributed by atoms with E-state index in [1.54, 1.807) is 0 Å². The maximum Gasteiger partial charge on any atom is 0.264 e. The highest BCUT2D eigenvalue weighted by molar-refractivity contribution is 7.12. The molecule has 1 N–H and O–H groups in total. The minimum absolute atomic E-state index is 0.0607. The van der Waals surface area contributed by atoms with Gasteiger partial charge in [0.1, 0.15) is 0 Å². The van der Waals surface area contributed by atoms with Gasteiger partial charge in [-0.05, 0) is 62.3 Å². The van der Waals surface area contributed by atoms with Gasteiger partial charge >= 0.3 is 0 Å². The molecule has 4 nitrogen and oxygen atoms in total. The predicted octanol–water partition coefficient (Wildman–Crippen LogP) is 5.10. The van der Waals surface area contributed by atoms with E-state index in [9.17, 15) is 9.90 Å². The number of hydrogen-bond acceptors (Lipinski definition) is 4. The van der Waals surface area contributed by atoms with Crippen LogP contribution in [-0.4, -0.2) is 41.1 Å². The van der Waals surface area contributed by atoms with Crippen LogP contribution < -0.4 is 4.90 Å². The molecule has 3 atom stereocenters. The Labute approximate surface area is 178 Å². The molecule has 2 aromatic rings. The zero-order valence-electron chi connectivity index (χ0n) is 17.5. The molecule has 5 heteroatoms. The molecule has 2 heterocycles. The molecule has 29 heavy (non-hydrogen) atoms. The van der Waals surface area contributed by atoms with Gasteiger partial charge in [-0.2, -0.15) is 0 Å². The Kier molecular flexibility index (Phi) is 5.98. The topological polar surface area (TPSA) is 43.8 Å². The number of piperidine rings is 1. The van der Waals surface area contributed by atoms with Gasteiger partial charge in [0.2, 0.25) is 0 Å². The van der Waals surface area contributed by atoms with Gasteiger partial charge in [-0.1, -0.05) is 31.0 Å². The largest absolute Gasteiger partial charge is 0.389 e. The minimum Gasteiger partial charge on any atom is -0.389 e. The number of likely N-dealkylation sites (tertiary alicyclic amines) is 1. The van der Waals surface area contributed by atoms with Gasteiger partial charge in [0.05, 0.1) is 16.5 Å². The summed E-state index contributed by atoms with van der Waals surface area (Å²) in [5.74, 6) is 0.207. The summed E-state index contributed by atoms with van der Waals surface area (Å²) in [6.07, 6.45) is 4.73. The van der Waals surface area contributed by atoms with Crippen LogP contribution in [-0.2, 0) is 0 Å². The molecule has 1 aromatic heterocycles. The van der Waals surface area contributed by atoms with Crippen molar-refractivity contribution in [1.29, 1.82) is 0 Å². The van der Waals surface area contributed by atoms with Gasteiger partial charge in [-0.25, -0.2) is 0 Å². The number of carbonyl (C=O) groups excluding carboxylic acids is 1. The Hall–Kier alpha value is -1.85. The number of nitrogens with zero attached hydrogens (tertiary/aromatic N) is 2. The molecule has 2 aliphatic rings. The molecule has 1 saturated heterocycles. The fourth-order valence-electron chi connectivity index (χ4n) is 5.33. The SMILES string of the molecule is CCN(CC)c1ccc([C@@H]2[C@H]3CCCC[C@@]3(O)CCN2C(=O)c2cccs2)cc1. The second kappa shape index (κ2) is 8.49. The lowest BCUT2D eigenvalue weighted by atomic mass is 9.66. The van der Waals surface area contributed by atoms with Crippen LogP contribution in [0.3, 0.4) is 0 Å². The highest BCUT2D eigenvalue weighted by atomic mass is 32.1. The first-order valence-electron chi connectivity index (χ1n) is 11.0. The number of rotatable bonds is 5. The van der Waals surface area contributed by atoms with Crippen molar-refractivity contribution >= 4 is 22.9 Å². The van der Waals surface area contributed by atoms with Crippen molar-refractivity contribution in [3.63, 3.8) is 0 Å². The number of fused-ring (bicyclic) bond motifs is 1. The number of amides is 1. The number of thiophene rings is 1. The number of hydrogen-bond donors (Lipinski definition) is 1. The van der Waals surface area contributed by atoms with Crippen LogP contribution in [0.15, 0.2) is 41.8 Å². The maximum absolute atomic E-state index is 13.3. The molecule has 0 unspecified atom stereocenters. The highest BCUT2D eigenvalue weighted by Gasteiger charge is 2.50. The van der Waals surface area contributed by atoms with Crippen LogP contribution in [0.2, 0.25) is 0 Å². The first-order valence-corrected chi connectivity index (χ1v) is 11.9. The van der Waals surface area contributed by atoms with Gasteiger partial charge in [-0.15, -0.1) is 11.3 Å². The van der Waals surface area contributed by atoms with E-state index >= 15 is 0 Å². The third kappa shape index (κ3) is 3.82. The Morgan fingerprint density at radius 3 is 2.59 bits per heavy atom. The standard InChI is InChI=1S/C24H32N2O2S/c1-3-25(4-2)19-12-10-18(11-13-19)22-20-8-5-6-14-24(20,28)15-16-26(22)23(27)21-9-7-17-29-21/h7,9-13,17,20,22,28H,3-6,8,14-16H2,1-2H3/t20-,22-,24-/m1/s1. The van der Waals surface area contributed by atoms with Gasteiger partial charge in [-0.3, -0.25) is 4.79 Å². The van der Waals surface area contributed by atoms with E-state index in [1.165, 1.54) is 17.0 Å². The summed E-state index contributed by atoms with van der Waals surface area (Å²) < 4.78 is 0. The summed E-state index contributed by atoms with van der Waals surface area (Å²) in [6, 6.07) is 12.5. The number of aliphatic hydroxyl groups is 1. The smallest absolute Gasteiger partial charge is 0.264 e. The predicted molar refractivity (Wildman–Crippen MR) is 120 cm³/mol. The molecular formula is C24H32N2O2S. The van der Waals surface area contributed by atoms with E-state index in [4.69, 9.17) is 0 Å². The second-order valence-corrected chi connectivity index (χ2v) is 9.34. The van der Waals surface area contributed by atoms with Crippen LogP contribution in [0.25, 0.3) is 0 Å². The van der Waals surface area contributed by atoms with Crippen molar-refractivity contribution in [1.82, 2.24) is 4.90 Å². The minimum atomic E-state index is -0.646. The number of carbonyl (C=O) groups is 1. The third-order valence-corrected chi connectivity index (χ3v) is 7.78. The van der Waals surface area contributed by atoms with Crippen LogP contribution in [0.1, 0.15) is 67.2 Å². The van der Waals surface area contributed by atoms with E-state index in [1.807, 2.05) is 22.4 Å². The van der Waals surface area contributed by atoms with Crippen molar-refractivity contribution in [3.05, 3.63) is 52.2 Å². The Morgan fingerprint density at radius 1 is 1.17 bits per heavy atom. The van der Waals surface area contributed by atoms with E-state index in [0.717, 1.165) is 49.2 Å². The fraction of sp³-hybridized carbons (Fsp3) is 0.542. The molecule has 2 fully saturated rings. The van der Waals surface area contributed by atoms with Crippen LogP contribution in [0.4, 0.5) is 5.69 Å². The van der Waals surface area contributed by atoms with Gasteiger partial charge in [0, 0.05) is 31.2 Å². The molecule has 0 radical (unpaired) electrons. The average molecular weight is 413 g/mol. The Morgan fingerprint density at radius 2 is 1.93 bits per heavy atom. The fourth-order valence-corrected chi connectivity index (χ4v) is 6.01. The first kappa shape index (κ1) is 20.4. The highest BCUT2D eigenvalue weighted by Crippen LogP contribution is 2.49. The lowest BCUT2D eigenvalue weighted by molar-refractivity contribution is -0.114. The van der Waals surface area contributed by atoms with Crippen molar-refractivity contribution in [2.24, 2.45) is 5.92 Å². The summed E-state index contributed by atoms with van der Waals surface area (Å²) in [5, 5.41) is 13.4. The van der Waals surface area contributed by atoms with Gasteiger partial charge < -0.3 is 14.9 Å². The average Bonchev–Trinajstić information content (AvgIpc) is 3.28. The van der Waals surface area contributed by atoms with E-state index < -0.39 is 5.60 Å². The summed E-state index contributed by atoms with van der Waals surface area (Å²) in [5.41, 5.74) is 1.72. The Balaban J connectivity index is 1.70. The molecular weight excluding hydrogens is 380 g/mol. The third-order valence-electron chi connectivity index (χ3n) is 6.92. The number of anilines is 1.